The fourth-order valence-corrected chi connectivity index (χ4v) is 2.07. The van der Waals surface area contributed by atoms with Gasteiger partial charge in [-0.1, -0.05) is 20.8 Å². The van der Waals surface area contributed by atoms with Crippen molar-refractivity contribution in [1.82, 2.24) is 4.57 Å². The lowest BCUT2D eigenvalue weighted by Crippen LogP contribution is -2.21. The number of carbonyl (C=O) groups excluding carboxylic acids is 1. The quantitative estimate of drug-likeness (QED) is 0.784. The van der Waals surface area contributed by atoms with Gasteiger partial charge in [-0.15, -0.1) is 0 Å². The highest BCUT2D eigenvalue weighted by atomic mass is 16.4. The van der Waals surface area contributed by atoms with E-state index in [2.05, 4.69) is 0 Å². The smallest absolute Gasteiger partial charge is 0.416 e. The molecule has 0 spiro atoms. The van der Waals surface area contributed by atoms with E-state index in [9.17, 15) is 14.7 Å². The molecule has 0 saturated heterocycles. The van der Waals surface area contributed by atoms with E-state index in [4.69, 9.17) is 0 Å². The van der Waals surface area contributed by atoms with Crippen LogP contribution in [0.3, 0.4) is 0 Å². The van der Waals surface area contributed by atoms with E-state index in [1.807, 2.05) is 26.8 Å². The van der Waals surface area contributed by atoms with Gasteiger partial charge in [0.25, 0.3) is 0 Å². The standard InChI is InChI=1S/C14H15NO3/c1-14(2,3)12-7-10-6-9(8-16)4-5-11(10)15(12)13(17)18/h4-8H,1-3H3,(H,17,18). The average molecular weight is 245 g/mol. The fraction of sp³-hybridized carbons (Fsp3) is 0.286. The average Bonchev–Trinajstić information content (AvgIpc) is 2.66. The van der Waals surface area contributed by atoms with E-state index in [1.54, 1.807) is 18.2 Å². The number of benzene rings is 1. The van der Waals surface area contributed by atoms with Crippen molar-refractivity contribution in [2.75, 3.05) is 0 Å². The number of rotatable bonds is 1. The van der Waals surface area contributed by atoms with Crippen LogP contribution in [0.4, 0.5) is 4.79 Å². The van der Waals surface area contributed by atoms with Crippen molar-refractivity contribution in [3.8, 4) is 0 Å². The van der Waals surface area contributed by atoms with Crippen LogP contribution in [0.1, 0.15) is 36.8 Å². The maximum atomic E-state index is 11.4. The van der Waals surface area contributed by atoms with Gasteiger partial charge in [0.05, 0.1) is 5.52 Å². The molecule has 0 radical (unpaired) electrons. The predicted molar refractivity (Wildman–Crippen MR) is 69.4 cm³/mol. The Hall–Kier alpha value is -2.10. The van der Waals surface area contributed by atoms with Crippen molar-refractivity contribution in [1.29, 1.82) is 0 Å². The molecule has 0 aliphatic carbocycles. The lowest BCUT2D eigenvalue weighted by Gasteiger charge is -2.19. The maximum Gasteiger partial charge on any atom is 0.416 e. The van der Waals surface area contributed by atoms with Crippen molar-refractivity contribution in [3.63, 3.8) is 0 Å². The minimum absolute atomic E-state index is 0.279. The summed E-state index contributed by atoms with van der Waals surface area (Å²) in [4.78, 5) is 22.1. The van der Waals surface area contributed by atoms with E-state index in [0.29, 0.717) is 16.8 Å². The monoisotopic (exact) mass is 245 g/mol. The molecule has 0 unspecified atom stereocenters. The Bertz CT molecular complexity index is 632. The van der Waals surface area contributed by atoms with Gasteiger partial charge in [-0.2, -0.15) is 0 Å². The lowest BCUT2D eigenvalue weighted by molar-refractivity contribution is 0.112. The third kappa shape index (κ3) is 1.90. The summed E-state index contributed by atoms with van der Waals surface area (Å²) in [7, 11) is 0. The topological polar surface area (TPSA) is 59.3 Å². The highest BCUT2D eigenvalue weighted by molar-refractivity contribution is 5.93. The van der Waals surface area contributed by atoms with Crippen LogP contribution < -0.4 is 0 Å². The number of nitrogens with zero attached hydrogens (tertiary/aromatic N) is 1. The molecule has 0 aliphatic rings. The molecule has 1 aromatic heterocycles. The third-order valence-corrected chi connectivity index (χ3v) is 2.92. The molecule has 2 rings (SSSR count). The van der Waals surface area contributed by atoms with Gasteiger partial charge in [-0.25, -0.2) is 9.36 Å². The fourth-order valence-electron chi connectivity index (χ4n) is 2.07. The highest BCUT2D eigenvalue weighted by Crippen LogP contribution is 2.29. The maximum absolute atomic E-state index is 11.4. The molecular weight excluding hydrogens is 230 g/mol. The molecule has 0 fully saturated rings. The number of fused-ring (bicyclic) bond motifs is 1. The summed E-state index contributed by atoms with van der Waals surface area (Å²) in [6.45, 7) is 5.88. The van der Waals surface area contributed by atoms with Crippen molar-refractivity contribution < 1.29 is 14.7 Å². The second kappa shape index (κ2) is 3.98. The molecular formula is C14H15NO3. The Morgan fingerprint density at radius 1 is 1.28 bits per heavy atom. The van der Waals surface area contributed by atoms with E-state index in [1.165, 1.54) is 4.57 Å². The molecule has 4 heteroatoms. The molecule has 4 nitrogen and oxygen atoms in total. The molecule has 0 bridgehead atoms. The second-order valence-electron chi connectivity index (χ2n) is 5.33. The minimum Gasteiger partial charge on any atom is -0.464 e. The van der Waals surface area contributed by atoms with Crippen LogP contribution in [0.15, 0.2) is 24.3 Å². The normalized spacial score (nSPS) is 11.7. The Morgan fingerprint density at radius 3 is 2.44 bits per heavy atom. The van der Waals surface area contributed by atoms with Gasteiger partial charge in [-0.05, 0) is 24.3 Å². The zero-order chi connectivity index (χ0) is 13.5. The van der Waals surface area contributed by atoms with Crippen LogP contribution in [-0.4, -0.2) is 22.1 Å². The van der Waals surface area contributed by atoms with Crippen molar-refractivity contribution >= 4 is 23.3 Å². The van der Waals surface area contributed by atoms with Gasteiger partial charge in [0.2, 0.25) is 0 Å². The first-order chi connectivity index (χ1) is 8.34. The molecule has 2 aromatic rings. The summed E-state index contributed by atoms with van der Waals surface area (Å²) < 4.78 is 1.28. The molecule has 94 valence electrons. The van der Waals surface area contributed by atoms with Gasteiger partial charge < -0.3 is 5.11 Å². The second-order valence-corrected chi connectivity index (χ2v) is 5.33. The Kier molecular flexibility index (Phi) is 2.73. The molecule has 18 heavy (non-hydrogen) atoms. The first-order valence-electron chi connectivity index (χ1n) is 5.69. The number of aldehydes is 1. The summed E-state index contributed by atoms with van der Waals surface area (Å²) in [5.74, 6) is 0. The molecule has 0 amide bonds. The van der Waals surface area contributed by atoms with E-state index in [-0.39, 0.29) is 5.41 Å². The number of carbonyl (C=O) groups is 2. The van der Waals surface area contributed by atoms with Crippen LogP contribution in [0.2, 0.25) is 0 Å². The predicted octanol–water partition coefficient (Wildman–Crippen LogP) is 3.28. The summed E-state index contributed by atoms with van der Waals surface area (Å²) >= 11 is 0. The summed E-state index contributed by atoms with van der Waals surface area (Å²) in [5.41, 5.74) is 1.59. The van der Waals surface area contributed by atoms with Crippen LogP contribution in [0.25, 0.3) is 10.9 Å². The number of aromatic nitrogens is 1. The SMILES string of the molecule is CC(C)(C)c1cc2cc(C=O)ccc2n1C(=O)O. The largest absolute Gasteiger partial charge is 0.464 e. The van der Waals surface area contributed by atoms with Crippen LogP contribution >= 0.6 is 0 Å². The molecule has 0 aliphatic heterocycles. The molecule has 1 aromatic carbocycles. The van der Waals surface area contributed by atoms with E-state index in [0.717, 1.165) is 11.7 Å². The zero-order valence-corrected chi connectivity index (χ0v) is 10.6. The number of hydrogen-bond donors (Lipinski definition) is 1. The third-order valence-electron chi connectivity index (χ3n) is 2.92. The molecule has 1 N–H and O–H groups in total. The van der Waals surface area contributed by atoms with Gasteiger partial charge in [0.1, 0.15) is 6.29 Å². The van der Waals surface area contributed by atoms with Crippen molar-refractivity contribution in [2.24, 2.45) is 0 Å². The van der Waals surface area contributed by atoms with Crippen LogP contribution in [-0.2, 0) is 5.41 Å². The van der Waals surface area contributed by atoms with Crippen molar-refractivity contribution in [2.45, 2.75) is 26.2 Å². The Labute approximate surface area is 105 Å². The van der Waals surface area contributed by atoms with Crippen LogP contribution in [0.5, 0.6) is 0 Å². The first kappa shape index (κ1) is 12.4. The summed E-state index contributed by atoms with van der Waals surface area (Å²) in [5, 5.41) is 10.1. The lowest BCUT2D eigenvalue weighted by atomic mass is 9.92. The summed E-state index contributed by atoms with van der Waals surface area (Å²) in [6.07, 6.45) is -0.248. The molecule has 1 heterocycles. The van der Waals surface area contributed by atoms with Gasteiger partial charge in [0.15, 0.2) is 0 Å². The Balaban J connectivity index is 2.83. The number of carboxylic acid groups (broad SMARTS) is 1. The van der Waals surface area contributed by atoms with Gasteiger partial charge in [0, 0.05) is 22.1 Å². The van der Waals surface area contributed by atoms with Gasteiger partial charge in [-0.3, -0.25) is 4.79 Å². The van der Waals surface area contributed by atoms with Crippen LogP contribution in [0, 0.1) is 0 Å². The Morgan fingerprint density at radius 2 is 1.94 bits per heavy atom. The first-order valence-corrected chi connectivity index (χ1v) is 5.69. The van der Waals surface area contributed by atoms with E-state index < -0.39 is 6.09 Å². The summed E-state index contributed by atoms with van der Waals surface area (Å²) in [6, 6.07) is 6.83. The number of hydrogen-bond acceptors (Lipinski definition) is 2. The highest BCUT2D eigenvalue weighted by Gasteiger charge is 2.23. The molecule has 0 saturated carbocycles. The van der Waals surface area contributed by atoms with Gasteiger partial charge >= 0.3 is 6.09 Å². The zero-order valence-electron chi connectivity index (χ0n) is 10.6. The van der Waals surface area contributed by atoms with Crippen molar-refractivity contribution in [3.05, 3.63) is 35.5 Å². The van der Waals surface area contributed by atoms with E-state index >= 15 is 0 Å². The molecule has 0 atom stereocenters. The minimum atomic E-state index is -1.01.